The molecule has 0 spiro atoms. The van der Waals surface area contributed by atoms with E-state index in [2.05, 4.69) is 12.2 Å². The van der Waals surface area contributed by atoms with Crippen LogP contribution in [0, 0.1) is 16.7 Å². The van der Waals surface area contributed by atoms with E-state index in [1.807, 2.05) is 0 Å². The summed E-state index contributed by atoms with van der Waals surface area (Å²) in [6, 6.07) is 5.12. The molecule has 1 amide bonds. The van der Waals surface area contributed by atoms with Gasteiger partial charge in [-0.25, -0.2) is 0 Å². The minimum absolute atomic E-state index is 0.0740. The number of nitrogens with one attached hydrogen (secondary N) is 1. The number of ether oxygens (including phenoxy) is 1. The van der Waals surface area contributed by atoms with Crippen LogP contribution in [0.4, 0.5) is 0 Å². The third kappa shape index (κ3) is 2.77. The highest BCUT2D eigenvalue weighted by molar-refractivity contribution is 5.83. The van der Waals surface area contributed by atoms with Gasteiger partial charge < -0.3 is 20.3 Å². The first-order valence-corrected chi connectivity index (χ1v) is 9.68. The van der Waals surface area contributed by atoms with Gasteiger partial charge in [0, 0.05) is 6.54 Å². The average molecular weight is 359 g/mol. The van der Waals surface area contributed by atoms with Gasteiger partial charge in [-0.2, -0.15) is 0 Å². The number of aliphatic hydroxyl groups is 1. The Kier molecular flexibility index (Phi) is 3.99. The molecule has 0 heterocycles. The van der Waals surface area contributed by atoms with Crippen molar-refractivity contribution in [3.8, 4) is 11.5 Å². The van der Waals surface area contributed by atoms with Gasteiger partial charge in [-0.1, -0.05) is 19.4 Å². The molecule has 5 rings (SSSR count). The number of carbonyl (C=O) groups is 1. The fourth-order valence-electron chi connectivity index (χ4n) is 6.43. The lowest BCUT2D eigenvalue weighted by molar-refractivity contribution is -0.204. The average Bonchev–Trinajstić information content (AvgIpc) is 2.58. The maximum absolute atomic E-state index is 13.2. The number of hydrogen-bond donors (Lipinski definition) is 3. The first kappa shape index (κ1) is 17.7. The smallest absolute Gasteiger partial charge is 0.226 e. The minimum atomic E-state index is -0.658. The van der Waals surface area contributed by atoms with Crippen LogP contribution in [0.5, 0.6) is 11.5 Å². The molecule has 4 aliphatic carbocycles. The normalized spacial score (nSPS) is 37.6. The Morgan fingerprint density at radius 1 is 1.27 bits per heavy atom. The fraction of sp³-hybridized carbons (Fsp3) is 0.667. The Hall–Kier alpha value is -1.75. The van der Waals surface area contributed by atoms with Gasteiger partial charge in [0.25, 0.3) is 0 Å². The molecule has 3 N–H and O–H groups in total. The maximum atomic E-state index is 13.2. The van der Waals surface area contributed by atoms with Crippen LogP contribution < -0.4 is 10.1 Å². The molecular weight excluding hydrogens is 330 g/mol. The second kappa shape index (κ2) is 5.88. The van der Waals surface area contributed by atoms with E-state index in [1.165, 1.54) is 7.11 Å². The number of methoxy groups -OCH3 is 1. The summed E-state index contributed by atoms with van der Waals surface area (Å²) >= 11 is 0. The van der Waals surface area contributed by atoms with E-state index in [9.17, 15) is 15.0 Å². The van der Waals surface area contributed by atoms with E-state index in [-0.39, 0.29) is 17.1 Å². The first-order chi connectivity index (χ1) is 12.3. The van der Waals surface area contributed by atoms with Crippen molar-refractivity contribution in [3.63, 3.8) is 0 Å². The van der Waals surface area contributed by atoms with Crippen molar-refractivity contribution >= 4 is 5.91 Å². The Balaban J connectivity index is 1.51. The summed E-state index contributed by atoms with van der Waals surface area (Å²) in [5.74, 6) is 1.04. The molecule has 4 saturated carbocycles. The number of phenolic OH excluding ortho intramolecular Hbond substituents is 1. The highest BCUT2D eigenvalue weighted by atomic mass is 16.5. The molecule has 0 saturated heterocycles. The molecule has 4 aliphatic rings. The van der Waals surface area contributed by atoms with Gasteiger partial charge in [-0.05, 0) is 67.6 Å². The molecule has 5 nitrogen and oxygen atoms in total. The molecule has 142 valence electrons. The van der Waals surface area contributed by atoms with Gasteiger partial charge >= 0.3 is 0 Å². The van der Waals surface area contributed by atoms with E-state index >= 15 is 0 Å². The van der Waals surface area contributed by atoms with Crippen molar-refractivity contribution in [2.75, 3.05) is 7.11 Å². The summed E-state index contributed by atoms with van der Waals surface area (Å²) in [6.07, 6.45) is 6.33. The van der Waals surface area contributed by atoms with Gasteiger partial charge in [0.15, 0.2) is 11.5 Å². The number of rotatable bonds is 5. The van der Waals surface area contributed by atoms with E-state index in [0.717, 1.165) is 44.1 Å². The number of phenols is 1. The van der Waals surface area contributed by atoms with Crippen LogP contribution in [0.1, 0.15) is 57.4 Å². The van der Waals surface area contributed by atoms with Gasteiger partial charge in [0.05, 0.1) is 18.1 Å². The van der Waals surface area contributed by atoms with Crippen molar-refractivity contribution in [1.82, 2.24) is 5.32 Å². The van der Waals surface area contributed by atoms with Gasteiger partial charge in [-0.3, -0.25) is 4.79 Å². The zero-order valence-corrected chi connectivity index (χ0v) is 15.7. The van der Waals surface area contributed by atoms with E-state index in [1.54, 1.807) is 18.2 Å². The lowest BCUT2D eigenvalue weighted by Gasteiger charge is -2.64. The second-order valence-electron chi connectivity index (χ2n) is 9.06. The molecule has 4 atom stereocenters. The molecule has 0 radical (unpaired) electrons. The van der Waals surface area contributed by atoms with Gasteiger partial charge in [-0.15, -0.1) is 0 Å². The molecule has 0 aliphatic heterocycles. The summed E-state index contributed by atoms with van der Waals surface area (Å²) < 4.78 is 5.14. The standard InChI is InChI=1S/C21H29NO4/c1-3-19-7-15-8-20(11-19,13-21(25,9-15)12-19)18(24)22-10-14-4-5-16(23)17(6-14)26-2/h4-6,15,23,25H,3,7-13H2,1-2H3,(H,22,24). The molecule has 5 heteroatoms. The summed E-state index contributed by atoms with van der Waals surface area (Å²) in [5, 5.41) is 23.9. The van der Waals surface area contributed by atoms with Crippen molar-refractivity contribution in [2.45, 2.75) is 64.0 Å². The number of amides is 1. The molecule has 1 aromatic carbocycles. The van der Waals surface area contributed by atoms with Gasteiger partial charge in [0.2, 0.25) is 5.91 Å². The molecule has 4 fully saturated rings. The maximum Gasteiger partial charge on any atom is 0.226 e. The third-order valence-corrected chi connectivity index (χ3v) is 7.08. The lowest BCUT2D eigenvalue weighted by atomic mass is 9.42. The van der Waals surface area contributed by atoms with E-state index < -0.39 is 11.0 Å². The summed E-state index contributed by atoms with van der Waals surface area (Å²) in [7, 11) is 1.51. The van der Waals surface area contributed by atoms with Crippen LogP contribution in [-0.2, 0) is 11.3 Å². The van der Waals surface area contributed by atoms with Crippen molar-refractivity contribution in [3.05, 3.63) is 23.8 Å². The predicted molar refractivity (Wildman–Crippen MR) is 97.8 cm³/mol. The topological polar surface area (TPSA) is 78.8 Å². The van der Waals surface area contributed by atoms with Crippen molar-refractivity contribution in [2.24, 2.45) is 16.7 Å². The van der Waals surface area contributed by atoms with Gasteiger partial charge in [0.1, 0.15) is 0 Å². The number of hydrogen-bond acceptors (Lipinski definition) is 4. The molecule has 0 aromatic heterocycles. The first-order valence-electron chi connectivity index (χ1n) is 9.68. The SMILES string of the molecule is CCC12CC3CC(O)(C1)CC(C(=O)NCc1ccc(O)c(OC)c1)(C3)C2. The molecule has 1 aromatic rings. The Morgan fingerprint density at radius 2 is 2.08 bits per heavy atom. The predicted octanol–water partition coefficient (Wildman–Crippen LogP) is 3.13. The lowest BCUT2D eigenvalue weighted by Crippen LogP contribution is -2.63. The monoisotopic (exact) mass is 359 g/mol. The van der Waals surface area contributed by atoms with Crippen LogP contribution >= 0.6 is 0 Å². The zero-order chi connectivity index (χ0) is 18.6. The van der Waals surface area contributed by atoms with Crippen molar-refractivity contribution in [1.29, 1.82) is 0 Å². The number of aromatic hydroxyl groups is 1. The van der Waals surface area contributed by atoms with Crippen LogP contribution in [0.3, 0.4) is 0 Å². The highest BCUT2D eigenvalue weighted by Crippen LogP contribution is 2.67. The Morgan fingerprint density at radius 3 is 2.77 bits per heavy atom. The van der Waals surface area contributed by atoms with E-state index in [4.69, 9.17) is 4.74 Å². The van der Waals surface area contributed by atoms with Crippen molar-refractivity contribution < 1.29 is 19.7 Å². The Bertz CT molecular complexity index is 735. The third-order valence-electron chi connectivity index (χ3n) is 7.08. The quantitative estimate of drug-likeness (QED) is 0.755. The second-order valence-corrected chi connectivity index (χ2v) is 9.06. The summed E-state index contributed by atoms with van der Waals surface area (Å²) in [6.45, 7) is 2.60. The minimum Gasteiger partial charge on any atom is -0.504 e. The van der Waals surface area contributed by atoms with Crippen LogP contribution in [-0.4, -0.2) is 28.8 Å². The van der Waals surface area contributed by atoms with Crippen LogP contribution in [0.15, 0.2) is 18.2 Å². The summed E-state index contributed by atoms with van der Waals surface area (Å²) in [4.78, 5) is 13.2. The molecule has 4 bridgehead atoms. The zero-order valence-electron chi connectivity index (χ0n) is 15.7. The molecular formula is C21H29NO4. The largest absolute Gasteiger partial charge is 0.504 e. The van der Waals surface area contributed by atoms with E-state index in [0.29, 0.717) is 24.6 Å². The summed E-state index contributed by atoms with van der Waals surface area (Å²) in [5.41, 5.74) is -0.0610. The molecule has 4 unspecified atom stereocenters. The van der Waals surface area contributed by atoms with Crippen LogP contribution in [0.25, 0.3) is 0 Å². The Labute approximate surface area is 154 Å². The van der Waals surface area contributed by atoms with Crippen LogP contribution in [0.2, 0.25) is 0 Å². The number of carbonyl (C=O) groups excluding carboxylic acids is 1. The molecule has 26 heavy (non-hydrogen) atoms. The highest BCUT2D eigenvalue weighted by Gasteiger charge is 2.64. The number of benzene rings is 1. The fourth-order valence-corrected chi connectivity index (χ4v) is 6.43.